The number of hydrogen-bond donors (Lipinski definition) is 0. The average molecular weight is 314 g/mol. The molecule has 1 aromatic carbocycles. The smallest absolute Gasteiger partial charge is 0.324 e. The standard InChI is InChI=1S/C19H22O4/c1-22-17(20)19(18(21)23-2)12-14-10-6-7-11-15(14)16(19)13-8-4-3-5-9-13/h3-5,8-10,15-16H,6-7,11-12H2,1-2H3/t15-,16+/m0/s1. The molecule has 0 aromatic heterocycles. The molecule has 2 atom stereocenters. The lowest BCUT2D eigenvalue weighted by Gasteiger charge is -2.33. The largest absolute Gasteiger partial charge is 0.468 e. The van der Waals surface area contributed by atoms with Gasteiger partial charge in [-0.3, -0.25) is 9.59 Å². The minimum Gasteiger partial charge on any atom is -0.468 e. The minimum atomic E-state index is -1.27. The van der Waals surface area contributed by atoms with Gasteiger partial charge >= 0.3 is 11.9 Å². The van der Waals surface area contributed by atoms with Gasteiger partial charge in [-0.15, -0.1) is 0 Å². The van der Waals surface area contributed by atoms with Crippen molar-refractivity contribution in [2.45, 2.75) is 31.6 Å². The van der Waals surface area contributed by atoms with E-state index in [2.05, 4.69) is 6.08 Å². The Morgan fingerprint density at radius 1 is 1.09 bits per heavy atom. The van der Waals surface area contributed by atoms with Crippen molar-refractivity contribution in [1.29, 1.82) is 0 Å². The molecule has 4 nitrogen and oxygen atoms in total. The second-order valence-corrected chi connectivity index (χ2v) is 6.34. The van der Waals surface area contributed by atoms with Crippen LogP contribution in [0.4, 0.5) is 0 Å². The summed E-state index contributed by atoms with van der Waals surface area (Å²) in [6, 6.07) is 9.80. The lowest BCUT2D eigenvalue weighted by atomic mass is 9.70. The van der Waals surface area contributed by atoms with Crippen LogP contribution in [0.3, 0.4) is 0 Å². The lowest BCUT2D eigenvalue weighted by molar-refractivity contribution is -0.170. The van der Waals surface area contributed by atoms with Crippen molar-refractivity contribution in [2.75, 3.05) is 14.2 Å². The molecule has 23 heavy (non-hydrogen) atoms. The highest BCUT2D eigenvalue weighted by Gasteiger charge is 2.62. The Balaban J connectivity index is 2.18. The molecular weight excluding hydrogens is 292 g/mol. The predicted octanol–water partition coefficient (Wildman–Crippen LogP) is 3.23. The third-order valence-corrected chi connectivity index (χ3v) is 5.28. The van der Waals surface area contributed by atoms with Crippen molar-refractivity contribution in [3.8, 4) is 0 Å². The number of benzene rings is 1. The molecule has 0 saturated heterocycles. The van der Waals surface area contributed by atoms with Crippen LogP contribution < -0.4 is 0 Å². The summed E-state index contributed by atoms with van der Waals surface area (Å²) < 4.78 is 10.1. The van der Waals surface area contributed by atoms with Gasteiger partial charge in [-0.2, -0.15) is 0 Å². The normalized spacial score (nSPS) is 25.2. The molecule has 1 aromatic rings. The summed E-state index contributed by atoms with van der Waals surface area (Å²) in [4.78, 5) is 25.4. The van der Waals surface area contributed by atoms with E-state index in [1.54, 1.807) is 0 Å². The minimum absolute atomic E-state index is 0.198. The van der Waals surface area contributed by atoms with Crippen LogP contribution in [0.2, 0.25) is 0 Å². The average Bonchev–Trinajstić information content (AvgIpc) is 2.97. The van der Waals surface area contributed by atoms with Gasteiger partial charge in [0.2, 0.25) is 0 Å². The first-order valence-corrected chi connectivity index (χ1v) is 8.06. The number of ether oxygens (including phenoxy) is 2. The van der Waals surface area contributed by atoms with E-state index in [0.717, 1.165) is 24.8 Å². The zero-order chi connectivity index (χ0) is 16.4. The number of esters is 2. The van der Waals surface area contributed by atoms with Crippen LogP contribution in [-0.4, -0.2) is 26.2 Å². The Hall–Kier alpha value is -2.10. The van der Waals surface area contributed by atoms with E-state index in [1.807, 2.05) is 30.3 Å². The first kappa shape index (κ1) is 15.8. The van der Waals surface area contributed by atoms with Crippen LogP contribution in [0.25, 0.3) is 0 Å². The van der Waals surface area contributed by atoms with Gasteiger partial charge in [0.05, 0.1) is 14.2 Å². The van der Waals surface area contributed by atoms with Gasteiger partial charge in [0, 0.05) is 5.92 Å². The predicted molar refractivity (Wildman–Crippen MR) is 85.7 cm³/mol. The van der Waals surface area contributed by atoms with Crippen molar-refractivity contribution >= 4 is 11.9 Å². The SMILES string of the molecule is COC(=O)C1(C(=O)OC)CC2=CCCC[C@@H]2[C@H]1c1ccccc1. The molecular formula is C19H22O4. The topological polar surface area (TPSA) is 52.6 Å². The van der Waals surface area contributed by atoms with Crippen LogP contribution in [-0.2, 0) is 19.1 Å². The zero-order valence-corrected chi connectivity index (χ0v) is 13.6. The molecule has 0 aliphatic heterocycles. The molecule has 0 radical (unpaired) electrons. The monoisotopic (exact) mass is 314 g/mol. The molecule has 1 fully saturated rings. The van der Waals surface area contributed by atoms with E-state index >= 15 is 0 Å². The number of methoxy groups -OCH3 is 2. The highest BCUT2D eigenvalue weighted by Crippen LogP contribution is 2.59. The number of carbonyl (C=O) groups is 2. The summed E-state index contributed by atoms with van der Waals surface area (Å²) in [6.45, 7) is 0. The Kier molecular flexibility index (Phi) is 4.24. The Bertz CT molecular complexity index is 616. The molecule has 2 aliphatic rings. The number of hydrogen-bond acceptors (Lipinski definition) is 4. The summed E-state index contributed by atoms with van der Waals surface area (Å²) in [5.74, 6) is -1.01. The van der Waals surface area contributed by atoms with Gasteiger partial charge in [-0.1, -0.05) is 42.0 Å². The Morgan fingerprint density at radius 3 is 2.35 bits per heavy atom. The molecule has 0 N–H and O–H groups in total. The van der Waals surface area contributed by atoms with E-state index in [0.29, 0.717) is 6.42 Å². The van der Waals surface area contributed by atoms with Crippen molar-refractivity contribution in [2.24, 2.45) is 11.3 Å². The third kappa shape index (κ3) is 2.37. The van der Waals surface area contributed by atoms with E-state index in [4.69, 9.17) is 9.47 Å². The number of fused-ring (bicyclic) bond motifs is 1. The molecule has 122 valence electrons. The van der Waals surface area contributed by atoms with Crippen LogP contribution >= 0.6 is 0 Å². The van der Waals surface area contributed by atoms with Crippen LogP contribution in [0.15, 0.2) is 42.0 Å². The molecule has 0 heterocycles. The first-order valence-electron chi connectivity index (χ1n) is 8.06. The van der Waals surface area contributed by atoms with Gasteiger partial charge < -0.3 is 9.47 Å². The molecule has 1 saturated carbocycles. The van der Waals surface area contributed by atoms with Crippen molar-refractivity contribution in [3.63, 3.8) is 0 Å². The van der Waals surface area contributed by atoms with Crippen molar-refractivity contribution in [3.05, 3.63) is 47.5 Å². The summed E-state index contributed by atoms with van der Waals surface area (Å²) in [5.41, 5.74) is 0.922. The van der Waals surface area contributed by atoms with E-state index in [9.17, 15) is 9.59 Å². The molecule has 4 heteroatoms. The number of carbonyl (C=O) groups excluding carboxylic acids is 2. The maximum Gasteiger partial charge on any atom is 0.324 e. The van der Waals surface area contributed by atoms with E-state index in [1.165, 1.54) is 19.8 Å². The van der Waals surface area contributed by atoms with Gasteiger partial charge in [-0.25, -0.2) is 0 Å². The molecule has 0 amide bonds. The fourth-order valence-corrected chi connectivity index (χ4v) is 4.34. The number of allylic oxidation sites excluding steroid dienone is 2. The van der Waals surface area contributed by atoms with Gasteiger partial charge in [-0.05, 0) is 37.2 Å². The van der Waals surface area contributed by atoms with Gasteiger partial charge in [0.1, 0.15) is 0 Å². The van der Waals surface area contributed by atoms with Gasteiger partial charge in [0.25, 0.3) is 0 Å². The summed E-state index contributed by atoms with van der Waals surface area (Å²) >= 11 is 0. The number of rotatable bonds is 3. The van der Waals surface area contributed by atoms with Gasteiger partial charge in [0.15, 0.2) is 5.41 Å². The molecule has 0 bridgehead atoms. The highest BCUT2D eigenvalue weighted by molar-refractivity contribution is 6.02. The Labute approximate surface area is 136 Å². The highest BCUT2D eigenvalue weighted by atomic mass is 16.5. The van der Waals surface area contributed by atoms with Crippen LogP contribution in [0.5, 0.6) is 0 Å². The zero-order valence-electron chi connectivity index (χ0n) is 13.6. The Morgan fingerprint density at radius 2 is 1.74 bits per heavy atom. The van der Waals surface area contributed by atoms with Crippen molar-refractivity contribution < 1.29 is 19.1 Å². The van der Waals surface area contributed by atoms with Crippen LogP contribution in [0.1, 0.15) is 37.2 Å². The molecule has 2 aliphatic carbocycles. The summed E-state index contributed by atoms with van der Waals surface area (Å²) in [5, 5.41) is 0. The molecule has 3 rings (SSSR count). The van der Waals surface area contributed by atoms with Crippen LogP contribution in [0, 0.1) is 11.3 Å². The fourth-order valence-electron chi connectivity index (χ4n) is 4.34. The van der Waals surface area contributed by atoms with Crippen molar-refractivity contribution in [1.82, 2.24) is 0 Å². The summed E-state index contributed by atoms with van der Waals surface area (Å²) in [6.07, 6.45) is 5.66. The quantitative estimate of drug-likeness (QED) is 0.488. The van der Waals surface area contributed by atoms with E-state index < -0.39 is 17.4 Å². The fraction of sp³-hybridized carbons (Fsp3) is 0.474. The second kappa shape index (κ2) is 6.19. The second-order valence-electron chi connectivity index (χ2n) is 6.34. The lowest BCUT2D eigenvalue weighted by Crippen LogP contribution is -2.44. The maximum absolute atomic E-state index is 12.7. The van der Waals surface area contributed by atoms with E-state index in [-0.39, 0.29) is 11.8 Å². The maximum atomic E-state index is 12.7. The molecule has 0 spiro atoms. The molecule has 0 unspecified atom stereocenters. The third-order valence-electron chi connectivity index (χ3n) is 5.28. The first-order chi connectivity index (χ1) is 11.1. The summed E-state index contributed by atoms with van der Waals surface area (Å²) in [7, 11) is 2.68.